The van der Waals surface area contributed by atoms with Crippen LogP contribution in [0.3, 0.4) is 0 Å². The molecule has 1 heterocycles. The van der Waals surface area contributed by atoms with E-state index in [4.69, 9.17) is 10.8 Å². The van der Waals surface area contributed by atoms with E-state index in [0.29, 0.717) is 5.56 Å². The smallest absolute Gasteiger partial charge is 0.435 e. The fourth-order valence-corrected chi connectivity index (χ4v) is 5.13. The van der Waals surface area contributed by atoms with E-state index in [0.717, 1.165) is 21.9 Å². The standard InChI is InChI=1S/C28H26F3N5O5S/c1-16-6-7-17(2)22(12-16)24-15-25(28(29,30)31)34-36(24)20-8-10-21(11-9-20)42(40,41)35-19-5-3-4-18(13-19)33-27(39)23(32)14-26(37)38/h3-13,15,23,35H,14,32H2,1-2H3,(H,33,39)(H,37,38). The number of sulfonamides is 1. The summed E-state index contributed by atoms with van der Waals surface area (Å²) >= 11 is 0. The van der Waals surface area contributed by atoms with E-state index in [1.807, 2.05) is 13.0 Å². The Bertz CT molecular complexity index is 1750. The third-order valence-electron chi connectivity index (χ3n) is 6.17. The highest BCUT2D eigenvalue weighted by molar-refractivity contribution is 7.92. The highest BCUT2D eigenvalue weighted by atomic mass is 32.2. The van der Waals surface area contributed by atoms with Gasteiger partial charge in [0.25, 0.3) is 10.0 Å². The molecule has 0 saturated carbocycles. The Morgan fingerprint density at radius 1 is 1.00 bits per heavy atom. The van der Waals surface area contributed by atoms with Gasteiger partial charge in [-0.1, -0.05) is 23.8 Å². The summed E-state index contributed by atoms with van der Waals surface area (Å²) in [6.45, 7) is 3.59. The van der Waals surface area contributed by atoms with E-state index in [1.54, 1.807) is 19.1 Å². The normalized spacial score (nSPS) is 12.5. The number of aliphatic carboxylic acids is 1. The molecule has 0 aliphatic carbocycles. The minimum absolute atomic E-state index is 0.0859. The summed E-state index contributed by atoms with van der Waals surface area (Å²) in [7, 11) is -4.16. The number of benzene rings is 3. The summed E-state index contributed by atoms with van der Waals surface area (Å²) in [5, 5.41) is 15.0. The van der Waals surface area contributed by atoms with Crippen LogP contribution in [-0.4, -0.2) is 41.2 Å². The van der Waals surface area contributed by atoms with Crippen molar-refractivity contribution in [3.05, 3.63) is 89.6 Å². The predicted molar refractivity (Wildman–Crippen MR) is 150 cm³/mol. The number of nitrogens with one attached hydrogen (secondary N) is 2. The third-order valence-corrected chi connectivity index (χ3v) is 7.57. The van der Waals surface area contributed by atoms with Crippen LogP contribution >= 0.6 is 0 Å². The van der Waals surface area contributed by atoms with Crippen LogP contribution in [-0.2, 0) is 25.8 Å². The molecule has 0 aliphatic heterocycles. The van der Waals surface area contributed by atoms with Gasteiger partial charge in [-0.15, -0.1) is 0 Å². The lowest BCUT2D eigenvalue weighted by Crippen LogP contribution is -2.37. The van der Waals surface area contributed by atoms with Crippen molar-refractivity contribution in [2.24, 2.45) is 5.73 Å². The van der Waals surface area contributed by atoms with Gasteiger partial charge in [0.05, 0.1) is 34.4 Å². The number of aromatic nitrogens is 2. The van der Waals surface area contributed by atoms with Crippen LogP contribution in [0.25, 0.3) is 16.9 Å². The Labute approximate surface area is 239 Å². The first-order valence-corrected chi connectivity index (χ1v) is 13.9. The number of amides is 1. The molecule has 10 nitrogen and oxygen atoms in total. The van der Waals surface area contributed by atoms with Gasteiger partial charge in [-0.2, -0.15) is 18.3 Å². The van der Waals surface area contributed by atoms with Crippen molar-refractivity contribution in [1.29, 1.82) is 0 Å². The average molecular weight is 602 g/mol. The number of alkyl halides is 3. The van der Waals surface area contributed by atoms with Gasteiger partial charge in [0.2, 0.25) is 5.91 Å². The molecule has 4 aromatic rings. The summed E-state index contributed by atoms with van der Waals surface area (Å²) < 4.78 is 70.4. The first kappa shape index (κ1) is 30.3. The number of hydrogen-bond acceptors (Lipinski definition) is 6. The van der Waals surface area contributed by atoms with E-state index in [2.05, 4.69) is 15.1 Å². The monoisotopic (exact) mass is 601 g/mol. The second-order valence-corrected chi connectivity index (χ2v) is 11.2. The van der Waals surface area contributed by atoms with Crippen LogP contribution in [0.1, 0.15) is 23.2 Å². The molecule has 42 heavy (non-hydrogen) atoms. The van der Waals surface area contributed by atoms with Gasteiger partial charge < -0.3 is 16.2 Å². The van der Waals surface area contributed by atoms with Gasteiger partial charge in [-0.25, -0.2) is 13.1 Å². The highest BCUT2D eigenvalue weighted by Crippen LogP contribution is 2.35. The molecule has 1 amide bonds. The van der Waals surface area contributed by atoms with Crippen molar-refractivity contribution < 1.29 is 36.3 Å². The molecule has 1 atom stereocenters. The summed E-state index contributed by atoms with van der Waals surface area (Å²) in [5.41, 5.74) is 7.25. The molecule has 0 fully saturated rings. The van der Waals surface area contributed by atoms with Gasteiger partial charge in [0, 0.05) is 11.3 Å². The number of carboxylic acid groups (broad SMARTS) is 1. The highest BCUT2D eigenvalue weighted by Gasteiger charge is 2.35. The van der Waals surface area contributed by atoms with Gasteiger partial charge in [0.15, 0.2) is 5.69 Å². The number of carboxylic acids is 1. The quantitative estimate of drug-likeness (QED) is 0.216. The second kappa shape index (κ2) is 11.7. The predicted octanol–water partition coefficient (Wildman–Crippen LogP) is 4.72. The number of halogens is 3. The molecule has 0 radical (unpaired) electrons. The van der Waals surface area contributed by atoms with Gasteiger partial charge >= 0.3 is 12.1 Å². The van der Waals surface area contributed by atoms with E-state index in [9.17, 15) is 31.2 Å². The lowest BCUT2D eigenvalue weighted by molar-refractivity contribution is -0.141. The maximum absolute atomic E-state index is 13.6. The molecule has 220 valence electrons. The molecule has 3 aromatic carbocycles. The Morgan fingerprint density at radius 3 is 2.31 bits per heavy atom. The van der Waals surface area contributed by atoms with E-state index in [1.165, 1.54) is 48.5 Å². The van der Waals surface area contributed by atoms with Crippen LogP contribution in [0.2, 0.25) is 0 Å². The number of carbonyl (C=O) groups excluding carboxylic acids is 1. The largest absolute Gasteiger partial charge is 0.481 e. The van der Waals surface area contributed by atoms with Crippen molar-refractivity contribution in [1.82, 2.24) is 9.78 Å². The minimum atomic E-state index is -4.69. The van der Waals surface area contributed by atoms with Crippen LogP contribution in [0.15, 0.2) is 77.7 Å². The van der Waals surface area contributed by atoms with Gasteiger partial charge in [-0.05, 0) is 74.0 Å². The number of nitrogens with two attached hydrogens (primary N) is 1. The van der Waals surface area contributed by atoms with Crippen LogP contribution in [0.5, 0.6) is 0 Å². The first-order chi connectivity index (χ1) is 19.6. The van der Waals surface area contributed by atoms with Crippen molar-refractivity contribution in [2.45, 2.75) is 37.4 Å². The molecule has 1 aromatic heterocycles. The van der Waals surface area contributed by atoms with Gasteiger partial charge in [0.1, 0.15) is 0 Å². The molecule has 0 bridgehead atoms. The molecule has 0 spiro atoms. The molecule has 0 saturated heterocycles. The van der Waals surface area contributed by atoms with Crippen molar-refractivity contribution >= 4 is 33.3 Å². The molecular weight excluding hydrogens is 575 g/mol. The number of nitrogens with zero attached hydrogens (tertiary/aromatic N) is 2. The summed E-state index contributed by atoms with van der Waals surface area (Å²) in [6, 6.07) is 15.9. The molecule has 5 N–H and O–H groups in total. The number of aryl methyl sites for hydroxylation is 2. The lowest BCUT2D eigenvalue weighted by atomic mass is 10.0. The Hall–Kier alpha value is -4.69. The summed E-state index contributed by atoms with van der Waals surface area (Å²) in [6.07, 6.45) is -5.28. The average Bonchev–Trinajstić information content (AvgIpc) is 3.36. The van der Waals surface area contributed by atoms with Crippen LogP contribution in [0.4, 0.5) is 24.5 Å². The molecule has 1 unspecified atom stereocenters. The zero-order valence-electron chi connectivity index (χ0n) is 22.3. The number of carbonyl (C=O) groups is 2. The zero-order valence-corrected chi connectivity index (χ0v) is 23.1. The molecule has 4 rings (SSSR count). The van der Waals surface area contributed by atoms with Crippen molar-refractivity contribution in [3.63, 3.8) is 0 Å². The van der Waals surface area contributed by atoms with Crippen molar-refractivity contribution in [3.8, 4) is 16.9 Å². The maximum atomic E-state index is 13.6. The molecular formula is C28H26F3N5O5S. The number of rotatable bonds is 9. The SMILES string of the molecule is Cc1ccc(C)c(-c2cc(C(F)(F)F)nn2-c2ccc(S(=O)(=O)Nc3cccc(NC(=O)C(N)CC(=O)O)c3)cc2)c1. The zero-order chi connectivity index (χ0) is 30.8. The Balaban J connectivity index is 1.60. The first-order valence-electron chi connectivity index (χ1n) is 12.4. The second-order valence-electron chi connectivity index (χ2n) is 9.52. The van der Waals surface area contributed by atoms with E-state index in [-0.39, 0.29) is 27.7 Å². The fraction of sp³-hybridized carbons (Fsp3) is 0.179. The van der Waals surface area contributed by atoms with Crippen LogP contribution in [0, 0.1) is 13.8 Å². The topological polar surface area (TPSA) is 156 Å². The molecule has 14 heteroatoms. The van der Waals surface area contributed by atoms with E-state index >= 15 is 0 Å². The summed E-state index contributed by atoms with van der Waals surface area (Å²) in [5.74, 6) is -2.01. The van der Waals surface area contributed by atoms with Crippen molar-refractivity contribution in [2.75, 3.05) is 10.0 Å². The lowest BCUT2D eigenvalue weighted by Gasteiger charge is -2.13. The molecule has 0 aliphatic rings. The number of anilines is 2. The van der Waals surface area contributed by atoms with Crippen LogP contribution < -0.4 is 15.8 Å². The minimum Gasteiger partial charge on any atom is -0.481 e. The Kier molecular flexibility index (Phi) is 8.40. The fourth-order valence-electron chi connectivity index (χ4n) is 4.08. The maximum Gasteiger partial charge on any atom is 0.435 e. The van der Waals surface area contributed by atoms with Gasteiger partial charge in [-0.3, -0.25) is 14.3 Å². The Morgan fingerprint density at radius 2 is 1.67 bits per heavy atom. The number of hydrogen-bond donors (Lipinski definition) is 4. The van der Waals surface area contributed by atoms with E-state index < -0.39 is 46.2 Å². The summed E-state index contributed by atoms with van der Waals surface area (Å²) in [4.78, 5) is 22.7. The third kappa shape index (κ3) is 6.95.